The van der Waals surface area contributed by atoms with Crippen molar-refractivity contribution in [3.63, 3.8) is 0 Å². The molecule has 0 aliphatic heterocycles. The summed E-state index contributed by atoms with van der Waals surface area (Å²) in [5.74, 6) is -2.58. The van der Waals surface area contributed by atoms with Crippen LogP contribution < -0.4 is 20.1 Å². The first-order valence-corrected chi connectivity index (χ1v) is 9.28. The quantitative estimate of drug-likeness (QED) is 0.457. The number of hydrogen-bond acceptors (Lipinski definition) is 6. The Morgan fingerprint density at radius 1 is 1.03 bits per heavy atom. The molecule has 2 rings (SSSR count). The highest BCUT2D eigenvalue weighted by Gasteiger charge is 2.64. The molecule has 0 unspecified atom stereocenters. The summed E-state index contributed by atoms with van der Waals surface area (Å²) in [4.78, 5) is 25.2. The van der Waals surface area contributed by atoms with Gasteiger partial charge in [0.1, 0.15) is 11.5 Å². The number of anilines is 1. The number of carbonyl (C=O) groups is 2. The number of carbonyl (C=O) groups excluding carboxylic acids is 2. The number of methoxy groups -OCH3 is 2. The molecule has 0 fully saturated rings. The van der Waals surface area contributed by atoms with Gasteiger partial charge in [-0.25, -0.2) is 4.79 Å². The molecule has 2 N–H and O–H groups in total. The zero-order chi connectivity index (χ0) is 23.2. The Labute approximate surface area is 181 Å². The highest BCUT2D eigenvalue weighted by molar-refractivity contribution is 6.31. The largest absolute Gasteiger partial charge is 0.497 e. The Kier molecular flexibility index (Phi) is 7.61. The first-order chi connectivity index (χ1) is 14.6. The first-order valence-electron chi connectivity index (χ1n) is 8.90. The normalized spacial score (nSPS) is 13.0. The van der Waals surface area contributed by atoms with Gasteiger partial charge in [-0.3, -0.25) is 4.79 Å². The molecule has 168 valence electrons. The molecule has 0 aromatic heterocycles. The molecule has 0 aliphatic carbocycles. The van der Waals surface area contributed by atoms with Gasteiger partial charge in [-0.05, 0) is 49.4 Å². The molecular weight excluding hydrogens is 441 g/mol. The van der Waals surface area contributed by atoms with Crippen molar-refractivity contribution in [2.75, 3.05) is 26.1 Å². The molecule has 0 bridgehead atoms. The van der Waals surface area contributed by atoms with Crippen LogP contribution in [0.4, 0.5) is 18.9 Å². The van der Waals surface area contributed by atoms with Crippen molar-refractivity contribution in [2.24, 2.45) is 0 Å². The van der Waals surface area contributed by atoms with Gasteiger partial charge in [0.15, 0.2) is 0 Å². The molecule has 7 nitrogen and oxygen atoms in total. The lowest BCUT2D eigenvalue weighted by Crippen LogP contribution is -2.69. The minimum atomic E-state index is -5.31. The van der Waals surface area contributed by atoms with Crippen LogP contribution in [0.5, 0.6) is 11.5 Å². The van der Waals surface area contributed by atoms with E-state index in [1.54, 1.807) is 5.32 Å². The number of hydrogen-bond donors (Lipinski definition) is 2. The lowest BCUT2D eigenvalue weighted by atomic mass is 10.1. The van der Waals surface area contributed by atoms with E-state index in [0.29, 0.717) is 5.75 Å². The Balaban J connectivity index is 2.56. The van der Waals surface area contributed by atoms with Crippen molar-refractivity contribution in [1.29, 1.82) is 0 Å². The monoisotopic (exact) mass is 460 g/mol. The van der Waals surface area contributed by atoms with E-state index in [2.05, 4.69) is 4.74 Å². The third-order valence-corrected chi connectivity index (χ3v) is 4.38. The number of benzene rings is 2. The van der Waals surface area contributed by atoms with Gasteiger partial charge in [0, 0.05) is 10.6 Å². The van der Waals surface area contributed by atoms with E-state index >= 15 is 0 Å². The summed E-state index contributed by atoms with van der Waals surface area (Å²) in [5.41, 5.74) is -4.05. The molecule has 2 aromatic carbocycles. The fourth-order valence-corrected chi connectivity index (χ4v) is 2.77. The van der Waals surface area contributed by atoms with Gasteiger partial charge in [-0.2, -0.15) is 13.2 Å². The number of halogens is 4. The maximum Gasteiger partial charge on any atom is 0.441 e. The molecule has 0 spiro atoms. The Hall–Kier alpha value is -3.14. The predicted octanol–water partition coefficient (Wildman–Crippen LogP) is 4.02. The standard InChI is InChI=1S/C20H20ClF3N2O5/c1-4-31-18(28)19(20(22,23)24,25-15-11-13(21)7-10-16(15)30-3)26-17(27)12-5-8-14(29-2)9-6-12/h5-11,25H,4H2,1-3H3,(H,26,27)/t19-/m0/s1. The SMILES string of the molecule is CCOC(=O)[C@@](NC(=O)c1ccc(OC)cc1)(Nc1cc(Cl)ccc1OC)C(F)(F)F. The van der Waals surface area contributed by atoms with E-state index in [1.807, 2.05) is 5.32 Å². The summed E-state index contributed by atoms with van der Waals surface area (Å²) < 4.78 is 57.5. The van der Waals surface area contributed by atoms with Crippen LogP contribution in [0, 0.1) is 0 Å². The molecule has 0 saturated heterocycles. The van der Waals surface area contributed by atoms with Crippen molar-refractivity contribution in [3.8, 4) is 11.5 Å². The fraction of sp³-hybridized carbons (Fsp3) is 0.300. The number of rotatable bonds is 8. The highest BCUT2D eigenvalue weighted by atomic mass is 35.5. The van der Waals surface area contributed by atoms with Crippen molar-refractivity contribution in [2.45, 2.75) is 18.8 Å². The van der Waals surface area contributed by atoms with Crippen molar-refractivity contribution in [1.82, 2.24) is 5.32 Å². The molecule has 0 aliphatic rings. The van der Waals surface area contributed by atoms with Crippen LogP contribution in [0.25, 0.3) is 0 Å². The second-order valence-corrected chi connectivity index (χ2v) is 6.56. The summed E-state index contributed by atoms with van der Waals surface area (Å²) >= 11 is 5.90. The average Bonchev–Trinajstić information content (AvgIpc) is 2.72. The van der Waals surface area contributed by atoms with Crippen LogP contribution in [0.2, 0.25) is 5.02 Å². The van der Waals surface area contributed by atoms with E-state index in [0.717, 1.165) is 6.07 Å². The van der Waals surface area contributed by atoms with Gasteiger partial charge in [0.25, 0.3) is 5.91 Å². The van der Waals surface area contributed by atoms with Gasteiger partial charge < -0.3 is 24.8 Å². The summed E-state index contributed by atoms with van der Waals surface area (Å²) in [6, 6.07) is 9.10. The highest BCUT2D eigenvalue weighted by Crippen LogP contribution is 2.37. The summed E-state index contributed by atoms with van der Waals surface area (Å²) in [5, 5.41) is 3.85. The Bertz CT molecular complexity index is 937. The molecule has 0 heterocycles. The Morgan fingerprint density at radius 2 is 1.68 bits per heavy atom. The lowest BCUT2D eigenvalue weighted by molar-refractivity contribution is -0.204. The predicted molar refractivity (Wildman–Crippen MR) is 108 cm³/mol. The lowest BCUT2D eigenvalue weighted by Gasteiger charge is -2.35. The summed E-state index contributed by atoms with van der Waals surface area (Å²) in [6.45, 7) is 0.980. The second-order valence-electron chi connectivity index (χ2n) is 6.12. The minimum absolute atomic E-state index is 0.0407. The van der Waals surface area contributed by atoms with E-state index in [9.17, 15) is 22.8 Å². The van der Waals surface area contributed by atoms with Crippen LogP contribution in [0.3, 0.4) is 0 Å². The van der Waals surface area contributed by atoms with E-state index < -0.39 is 23.7 Å². The Morgan fingerprint density at radius 3 is 2.19 bits per heavy atom. The van der Waals surface area contributed by atoms with E-state index in [4.69, 9.17) is 21.1 Å². The number of ether oxygens (including phenoxy) is 3. The molecule has 1 atom stereocenters. The molecule has 11 heteroatoms. The zero-order valence-electron chi connectivity index (χ0n) is 16.8. The molecule has 2 aromatic rings. The molecular formula is C20H20ClF3N2O5. The van der Waals surface area contributed by atoms with E-state index in [-0.39, 0.29) is 28.6 Å². The molecule has 1 amide bonds. The third kappa shape index (κ3) is 5.32. The van der Waals surface area contributed by atoms with Gasteiger partial charge in [0.2, 0.25) is 0 Å². The van der Waals surface area contributed by atoms with Crippen molar-refractivity contribution >= 4 is 29.2 Å². The van der Waals surface area contributed by atoms with Gasteiger partial charge in [0.05, 0.1) is 26.5 Å². The zero-order valence-corrected chi connectivity index (χ0v) is 17.6. The number of amides is 1. The molecule has 0 radical (unpaired) electrons. The van der Waals surface area contributed by atoms with E-state index in [1.165, 1.54) is 57.5 Å². The number of nitrogens with one attached hydrogen (secondary N) is 2. The van der Waals surface area contributed by atoms with Crippen molar-refractivity contribution in [3.05, 3.63) is 53.1 Å². The topological polar surface area (TPSA) is 85.9 Å². The number of alkyl halides is 3. The van der Waals surface area contributed by atoms with Crippen LogP contribution >= 0.6 is 11.6 Å². The molecule has 0 saturated carbocycles. The summed E-state index contributed by atoms with van der Waals surface area (Å²) in [7, 11) is 2.62. The van der Waals surface area contributed by atoms with Crippen LogP contribution in [0.1, 0.15) is 17.3 Å². The molecule has 31 heavy (non-hydrogen) atoms. The second kappa shape index (κ2) is 9.78. The third-order valence-electron chi connectivity index (χ3n) is 4.14. The van der Waals surface area contributed by atoms with Gasteiger partial charge in [-0.15, -0.1) is 0 Å². The maximum absolute atomic E-state index is 14.3. The summed E-state index contributed by atoms with van der Waals surface area (Å²) in [6.07, 6.45) is -5.31. The minimum Gasteiger partial charge on any atom is -0.497 e. The maximum atomic E-state index is 14.3. The van der Waals surface area contributed by atoms with Gasteiger partial charge in [-0.1, -0.05) is 11.6 Å². The number of esters is 1. The fourth-order valence-electron chi connectivity index (χ4n) is 2.59. The van der Waals surface area contributed by atoms with Crippen molar-refractivity contribution < 1.29 is 37.0 Å². The van der Waals surface area contributed by atoms with Crippen LogP contribution in [0.15, 0.2) is 42.5 Å². The smallest absolute Gasteiger partial charge is 0.441 e. The van der Waals surface area contributed by atoms with Gasteiger partial charge >= 0.3 is 17.8 Å². The van der Waals surface area contributed by atoms with Crippen LogP contribution in [-0.2, 0) is 9.53 Å². The average molecular weight is 461 g/mol. The van der Waals surface area contributed by atoms with Crippen LogP contribution in [-0.4, -0.2) is 44.5 Å². The first kappa shape index (κ1) is 24.1.